The van der Waals surface area contributed by atoms with Crippen LogP contribution in [-0.2, 0) is 13.0 Å². The van der Waals surface area contributed by atoms with Gasteiger partial charge >= 0.3 is 0 Å². The lowest BCUT2D eigenvalue weighted by molar-refractivity contribution is 0.0658. The van der Waals surface area contributed by atoms with E-state index in [2.05, 4.69) is 75.4 Å². The van der Waals surface area contributed by atoms with Crippen LogP contribution in [0.2, 0.25) is 0 Å². The van der Waals surface area contributed by atoms with Gasteiger partial charge in [0.05, 0.1) is 11.3 Å². The molecule has 6 nitrogen and oxygen atoms in total. The van der Waals surface area contributed by atoms with Crippen LogP contribution in [0, 0.1) is 6.92 Å². The van der Waals surface area contributed by atoms with Crippen LogP contribution in [0.1, 0.15) is 84.1 Å². The fourth-order valence-electron chi connectivity index (χ4n) is 6.54. The number of aromatic nitrogens is 2. The monoisotopic (exact) mass is 612 g/mol. The lowest BCUT2D eigenvalue weighted by Crippen LogP contribution is -2.43. The summed E-state index contributed by atoms with van der Waals surface area (Å²) in [5.41, 5.74) is 7.00. The number of hydrogen-bond acceptors (Lipinski definition) is 3. The number of amides is 2. The Hall–Kier alpha value is -4.71. The average Bonchev–Trinajstić information content (AvgIpc) is 3.48. The van der Waals surface area contributed by atoms with Gasteiger partial charge in [0.25, 0.3) is 11.8 Å². The highest BCUT2D eigenvalue weighted by molar-refractivity contribution is 6.00. The average molecular weight is 613 g/mol. The second-order valence-electron chi connectivity index (χ2n) is 12.6. The van der Waals surface area contributed by atoms with Gasteiger partial charge in [-0.2, -0.15) is 5.10 Å². The van der Waals surface area contributed by atoms with Crippen LogP contribution in [0.15, 0.2) is 91.0 Å². The molecule has 2 amide bonds. The van der Waals surface area contributed by atoms with Crippen LogP contribution in [0.4, 0.5) is 0 Å². The van der Waals surface area contributed by atoms with Gasteiger partial charge < -0.3 is 9.80 Å². The summed E-state index contributed by atoms with van der Waals surface area (Å²) in [6.45, 7) is 10.4. The van der Waals surface area contributed by atoms with E-state index in [0.29, 0.717) is 23.5 Å². The lowest BCUT2D eigenvalue weighted by atomic mass is 9.93. The minimum atomic E-state index is -0.0503. The highest BCUT2D eigenvalue weighted by Crippen LogP contribution is 2.31. The lowest BCUT2D eigenvalue weighted by Gasteiger charge is -2.35. The first-order valence-electron chi connectivity index (χ1n) is 16.7. The molecule has 1 atom stereocenters. The Bertz CT molecular complexity index is 1860. The number of hydrogen-bond donors (Lipinski definition) is 0. The summed E-state index contributed by atoms with van der Waals surface area (Å²) in [6, 6.07) is 31.1. The molecule has 1 aromatic heterocycles. The predicted molar refractivity (Wildman–Crippen MR) is 186 cm³/mol. The summed E-state index contributed by atoms with van der Waals surface area (Å²) in [7, 11) is 0. The summed E-state index contributed by atoms with van der Waals surface area (Å²) in [5.74, 6) is -0.0828. The van der Waals surface area contributed by atoms with Gasteiger partial charge in [-0.05, 0) is 90.4 Å². The summed E-state index contributed by atoms with van der Waals surface area (Å²) in [6.07, 6.45) is 4.78. The molecule has 2 heterocycles. The summed E-state index contributed by atoms with van der Waals surface area (Å²) >= 11 is 0. The van der Waals surface area contributed by atoms with Crippen molar-refractivity contribution in [2.24, 2.45) is 0 Å². The molecule has 0 unspecified atom stereocenters. The fraction of sp³-hybridized carbons (Fsp3) is 0.325. The Labute approximate surface area is 272 Å². The second kappa shape index (κ2) is 13.7. The maximum Gasteiger partial charge on any atom is 0.274 e. The highest BCUT2D eigenvalue weighted by Gasteiger charge is 2.30. The molecule has 0 N–H and O–H groups in total. The van der Waals surface area contributed by atoms with Gasteiger partial charge in [0.2, 0.25) is 0 Å². The summed E-state index contributed by atoms with van der Waals surface area (Å²) in [5, 5.41) is 7.19. The van der Waals surface area contributed by atoms with E-state index in [9.17, 15) is 9.59 Å². The van der Waals surface area contributed by atoms with Crippen LogP contribution >= 0.6 is 0 Å². The summed E-state index contributed by atoms with van der Waals surface area (Å²) < 4.78 is 1.78. The zero-order valence-corrected chi connectivity index (χ0v) is 27.5. The highest BCUT2D eigenvalue weighted by atomic mass is 16.2. The Morgan fingerprint density at radius 2 is 1.46 bits per heavy atom. The molecule has 0 saturated heterocycles. The van der Waals surface area contributed by atoms with Crippen molar-refractivity contribution in [3.8, 4) is 16.8 Å². The predicted octanol–water partition coefficient (Wildman–Crippen LogP) is 8.63. The van der Waals surface area contributed by atoms with Crippen LogP contribution in [0.25, 0.3) is 27.6 Å². The molecule has 4 aromatic carbocycles. The van der Waals surface area contributed by atoms with Crippen molar-refractivity contribution < 1.29 is 9.59 Å². The standard InChI is InChI=1S/C40H44N4O2/c1-5-7-21-42(22-8-6-2)40(46)37-24-29(4)44(41-37)38-20-19-34(33-18-17-30-13-9-10-15-32(30)25-33)26-36(38)39(45)43-27-35-16-12-11-14-31(35)23-28(43)3/h9-20,24-26,28H,5-8,21-23,27H2,1-4H3/t28-/m1/s1. The first kappa shape index (κ1) is 31.3. The van der Waals surface area contributed by atoms with E-state index >= 15 is 0 Å². The van der Waals surface area contributed by atoms with Gasteiger partial charge in [0, 0.05) is 31.4 Å². The topological polar surface area (TPSA) is 58.4 Å². The number of fused-ring (bicyclic) bond motifs is 2. The minimum Gasteiger partial charge on any atom is -0.337 e. The van der Waals surface area contributed by atoms with Crippen LogP contribution in [-0.4, -0.2) is 50.5 Å². The largest absolute Gasteiger partial charge is 0.337 e. The number of carbonyl (C=O) groups is 2. The van der Waals surface area contributed by atoms with E-state index in [1.807, 2.05) is 53.1 Å². The Morgan fingerprint density at radius 1 is 0.804 bits per heavy atom. The van der Waals surface area contributed by atoms with E-state index < -0.39 is 0 Å². The van der Waals surface area contributed by atoms with E-state index in [1.54, 1.807) is 4.68 Å². The second-order valence-corrected chi connectivity index (χ2v) is 12.6. The number of benzene rings is 4. The van der Waals surface area contributed by atoms with E-state index in [4.69, 9.17) is 5.10 Å². The van der Waals surface area contributed by atoms with Gasteiger partial charge in [0.15, 0.2) is 5.69 Å². The molecule has 0 fully saturated rings. The Kier molecular flexibility index (Phi) is 9.34. The summed E-state index contributed by atoms with van der Waals surface area (Å²) in [4.78, 5) is 32.2. The van der Waals surface area contributed by atoms with Crippen molar-refractivity contribution in [1.29, 1.82) is 0 Å². The maximum atomic E-state index is 14.6. The van der Waals surface area contributed by atoms with Crippen molar-refractivity contribution in [1.82, 2.24) is 19.6 Å². The third kappa shape index (κ3) is 6.34. The minimum absolute atomic E-state index is 0.0325. The van der Waals surface area contributed by atoms with Gasteiger partial charge in [-0.15, -0.1) is 0 Å². The van der Waals surface area contributed by atoms with Gasteiger partial charge in [-0.1, -0.05) is 93.4 Å². The zero-order chi connectivity index (χ0) is 32.2. The van der Waals surface area contributed by atoms with Crippen molar-refractivity contribution in [3.63, 3.8) is 0 Å². The molecule has 0 spiro atoms. The molecular formula is C40H44N4O2. The molecule has 0 radical (unpaired) electrons. The van der Waals surface area contributed by atoms with E-state index in [1.165, 1.54) is 16.5 Å². The number of unbranched alkanes of at least 4 members (excludes halogenated alkanes) is 2. The molecule has 5 aromatic rings. The van der Waals surface area contributed by atoms with Crippen molar-refractivity contribution in [2.75, 3.05) is 13.1 Å². The molecule has 6 rings (SSSR count). The number of nitrogens with zero attached hydrogens (tertiary/aromatic N) is 4. The molecule has 0 bridgehead atoms. The molecule has 236 valence electrons. The molecule has 1 aliphatic rings. The molecule has 0 aliphatic carbocycles. The SMILES string of the molecule is CCCCN(CCCC)C(=O)c1cc(C)n(-c2ccc(-c3ccc4ccccc4c3)cc2C(=O)N2Cc3ccccc3C[C@H]2C)n1. The van der Waals surface area contributed by atoms with Crippen molar-refractivity contribution in [3.05, 3.63) is 119 Å². The van der Waals surface area contributed by atoms with Gasteiger partial charge in [0.1, 0.15) is 0 Å². The maximum absolute atomic E-state index is 14.6. The first-order valence-corrected chi connectivity index (χ1v) is 16.7. The zero-order valence-electron chi connectivity index (χ0n) is 27.5. The number of aryl methyl sites for hydroxylation is 1. The molecule has 0 saturated carbocycles. The van der Waals surface area contributed by atoms with E-state index in [-0.39, 0.29) is 17.9 Å². The normalized spacial score (nSPS) is 14.3. The third-order valence-electron chi connectivity index (χ3n) is 9.26. The van der Waals surface area contributed by atoms with Crippen molar-refractivity contribution >= 4 is 22.6 Å². The number of rotatable bonds is 10. The Balaban J connectivity index is 1.42. The first-order chi connectivity index (χ1) is 22.4. The molecule has 1 aliphatic heterocycles. The van der Waals surface area contributed by atoms with Gasteiger partial charge in [-0.25, -0.2) is 4.68 Å². The van der Waals surface area contributed by atoms with Crippen LogP contribution in [0.5, 0.6) is 0 Å². The van der Waals surface area contributed by atoms with Crippen LogP contribution in [0.3, 0.4) is 0 Å². The smallest absolute Gasteiger partial charge is 0.274 e. The fourth-order valence-corrected chi connectivity index (χ4v) is 6.54. The third-order valence-corrected chi connectivity index (χ3v) is 9.26. The number of carbonyl (C=O) groups excluding carboxylic acids is 2. The molecular weight excluding hydrogens is 568 g/mol. The molecule has 46 heavy (non-hydrogen) atoms. The molecule has 6 heteroatoms. The quantitative estimate of drug-likeness (QED) is 0.159. The van der Waals surface area contributed by atoms with Crippen molar-refractivity contribution in [2.45, 2.75) is 72.4 Å². The van der Waals surface area contributed by atoms with E-state index in [0.717, 1.165) is 67.4 Å². The van der Waals surface area contributed by atoms with Crippen LogP contribution < -0.4 is 0 Å². The van der Waals surface area contributed by atoms with Gasteiger partial charge in [-0.3, -0.25) is 9.59 Å². The Morgan fingerprint density at radius 3 is 2.20 bits per heavy atom.